The molecule has 7 heteroatoms. The second kappa shape index (κ2) is 26.9. The predicted octanol–water partition coefficient (Wildman–Crippen LogP) is 12.2. The summed E-state index contributed by atoms with van der Waals surface area (Å²) < 4.78 is 0. The summed E-state index contributed by atoms with van der Waals surface area (Å²) in [6.07, 6.45) is 34.1. The largest absolute Gasteiger partial charge is 0.488 e. The smallest absolute Gasteiger partial charge is 0.423 e. The molecule has 0 spiro atoms. The van der Waals surface area contributed by atoms with Crippen molar-refractivity contribution in [1.82, 2.24) is 0 Å². The monoisotopic (exact) mass is 773 g/mol. The third-order valence-electron chi connectivity index (χ3n) is 11.8. The van der Waals surface area contributed by atoms with Crippen LogP contribution in [-0.4, -0.2) is 34.3 Å². The predicted molar refractivity (Wildman–Crippen MR) is 243 cm³/mol. The van der Waals surface area contributed by atoms with Crippen LogP contribution in [0.3, 0.4) is 0 Å². The molecule has 0 radical (unpaired) electrons. The highest BCUT2D eigenvalue weighted by Gasteiger charge is 2.26. The average Bonchev–Trinajstić information content (AvgIpc) is 3.48. The van der Waals surface area contributed by atoms with E-state index in [1.165, 1.54) is 186 Å². The van der Waals surface area contributed by atoms with Gasteiger partial charge in [-0.05, 0) is 109 Å². The Morgan fingerprint density at radius 1 is 0.382 bits per heavy atom. The summed E-state index contributed by atoms with van der Waals surface area (Å²) >= 11 is 1.90. The molecule has 0 unspecified atom stereocenters. The van der Waals surface area contributed by atoms with E-state index in [1.54, 1.807) is 0 Å². The molecule has 4 nitrogen and oxygen atoms in total. The zero-order chi connectivity index (χ0) is 40.0. The lowest BCUT2D eigenvalue weighted by atomic mass is 9.77. The fourth-order valence-electron chi connectivity index (χ4n) is 8.73. The molecular weight excluding hydrogens is 694 g/mol. The van der Waals surface area contributed by atoms with E-state index < -0.39 is 14.2 Å². The standard InChI is InChI=1S/C48H78B2O4S/c1-7-9-11-13-15-17-19-21-23-25-27-29-31-43-44(32-30-28-26-24-22-20-18-16-14-12-10-8-2)48(46-39(5)35-42(50(53)54)36-40(46)6)55-47(43)45-37(3)33-41(49(51)52)34-38(45)4/h33-36,51-54H,7-32H2,1-6H3. The molecule has 3 rings (SSSR count). The summed E-state index contributed by atoms with van der Waals surface area (Å²) in [6.45, 7) is 13.0. The number of rotatable bonds is 30. The zero-order valence-corrected chi connectivity index (χ0v) is 36.9. The van der Waals surface area contributed by atoms with Gasteiger partial charge < -0.3 is 20.1 Å². The molecule has 0 aliphatic heterocycles. The molecule has 306 valence electrons. The topological polar surface area (TPSA) is 80.9 Å². The van der Waals surface area contributed by atoms with Crippen LogP contribution in [0.2, 0.25) is 0 Å². The van der Waals surface area contributed by atoms with Gasteiger partial charge in [0.25, 0.3) is 0 Å². The average molecular weight is 773 g/mol. The van der Waals surface area contributed by atoms with Crippen molar-refractivity contribution >= 4 is 36.5 Å². The van der Waals surface area contributed by atoms with Crippen LogP contribution < -0.4 is 10.9 Å². The molecule has 0 aliphatic carbocycles. The molecule has 0 amide bonds. The Morgan fingerprint density at radius 2 is 0.618 bits per heavy atom. The van der Waals surface area contributed by atoms with Crippen LogP contribution >= 0.6 is 11.3 Å². The highest BCUT2D eigenvalue weighted by Crippen LogP contribution is 2.47. The lowest BCUT2D eigenvalue weighted by molar-refractivity contribution is 0.424. The van der Waals surface area contributed by atoms with Crippen molar-refractivity contribution in [2.24, 2.45) is 0 Å². The first-order valence-electron chi connectivity index (χ1n) is 22.7. The fraction of sp³-hybridized carbons (Fsp3) is 0.667. The van der Waals surface area contributed by atoms with Crippen molar-refractivity contribution in [3.05, 3.63) is 57.6 Å². The van der Waals surface area contributed by atoms with Crippen LogP contribution in [0.5, 0.6) is 0 Å². The molecule has 0 saturated heterocycles. The van der Waals surface area contributed by atoms with Crippen LogP contribution in [0.15, 0.2) is 24.3 Å². The summed E-state index contributed by atoms with van der Waals surface area (Å²) in [4.78, 5) is 2.65. The number of hydrogen-bond donors (Lipinski definition) is 4. The van der Waals surface area contributed by atoms with Gasteiger partial charge >= 0.3 is 14.2 Å². The quantitative estimate of drug-likeness (QED) is 0.0402. The number of aryl methyl sites for hydroxylation is 4. The number of unbranched alkanes of at least 4 members (excludes halogenated alkanes) is 22. The molecule has 4 N–H and O–H groups in total. The zero-order valence-electron chi connectivity index (χ0n) is 36.0. The first-order valence-corrected chi connectivity index (χ1v) is 23.5. The molecule has 0 fully saturated rings. The van der Waals surface area contributed by atoms with Gasteiger partial charge in [-0.15, -0.1) is 11.3 Å². The highest BCUT2D eigenvalue weighted by molar-refractivity contribution is 7.19. The van der Waals surface area contributed by atoms with Gasteiger partial charge in [-0.25, -0.2) is 0 Å². The number of benzene rings is 2. The molecule has 0 saturated carbocycles. The van der Waals surface area contributed by atoms with Crippen LogP contribution in [-0.2, 0) is 12.8 Å². The van der Waals surface area contributed by atoms with Gasteiger partial charge in [0.1, 0.15) is 0 Å². The fourth-order valence-corrected chi connectivity index (χ4v) is 10.5. The Morgan fingerprint density at radius 3 is 0.855 bits per heavy atom. The van der Waals surface area contributed by atoms with E-state index in [0.29, 0.717) is 10.9 Å². The summed E-state index contributed by atoms with van der Waals surface area (Å²) in [5, 5.41) is 40.2. The number of thiophene rings is 1. The number of hydrogen-bond acceptors (Lipinski definition) is 5. The van der Waals surface area contributed by atoms with Crippen molar-refractivity contribution in [1.29, 1.82) is 0 Å². The van der Waals surface area contributed by atoms with E-state index in [-0.39, 0.29) is 0 Å². The SMILES string of the molecule is CCCCCCCCCCCCCCc1c(-c2c(C)cc(B(O)O)cc2C)sc(-c2c(C)cc(B(O)O)cc2C)c1CCCCCCCCCCCCCC. The maximum atomic E-state index is 10.0. The summed E-state index contributed by atoms with van der Waals surface area (Å²) in [5.41, 5.74) is 10.8. The van der Waals surface area contributed by atoms with Gasteiger partial charge in [0.15, 0.2) is 0 Å². The van der Waals surface area contributed by atoms with Gasteiger partial charge in [-0.3, -0.25) is 0 Å². The minimum absolute atomic E-state index is 0.541. The molecular formula is C48H78B2O4S. The molecule has 0 atom stereocenters. The van der Waals surface area contributed by atoms with E-state index in [9.17, 15) is 20.1 Å². The maximum absolute atomic E-state index is 10.0. The molecule has 0 aliphatic rings. The lowest BCUT2D eigenvalue weighted by Gasteiger charge is -2.15. The lowest BCUT2D eigenvalue weighted by Crippen LogP contribution is -2.30. The Bertz CT molecular complexity index is 1360. The second-order valence-electron chi connectivity index (χ2n) is 16.8. The van der Waals surface area contributed by atoms with E-state index in [2.05, 4.69) is 41.5 Å². The Kier molecular flexibility index (Phi) is 23.2. The van der Waals surface area contributed by atoms with Crippen molar-refractivity contribution in [3.8, 4) is 20.9 Å². The highest BCUT2D eigenvalue weighted by atomic mass is 32.1. The van der Waals surface area contributed by atoms with Gasteiger partial charge in [-0.1, -0.05) is 179 Å². The molecule has 1 heterocycles. The summed E-state index contributed by atoms with van der Waals surface area (Å²) in [5.74, 6) is 0. The van der Waals surface area contributed by atoms with Crippen LogP contribution in [0.25, 0.3) is 20.9 Å². The van der Waals surface area contributed by atoms with Gasteiger partial charge in [-0.2, -0.15) is 0 Å². The van der Waals surface area contributed by atoms with Crippen molar-refractivity contribution < 1.29 is 20.1 Å². The first-order chi connectivity index (χ1) is 26.6. The Labute approximate surface area is 342 Å². The van der Waals surface area contributed by atoms with Crippen molar-refractivity contribution in [3.63, 3.8) is 0 Å². The van der Waals surface area contributed by atoms with Crippen LogP contribution in [0.4, 0.5) is 0 Å². The third kappa shape index (κ3) is 16.1. The molecule has 1 aromatic heterocycles. The molecule has 55 heavy (non-hydrogen) atoms. The maximum Gasteiger partial charge on any atom is 0.488 e. The van der Waals surface area contributed by atoms with E-state index in [1.807, 2.05) is 35.6 Å². The Hall–Kier alpha value is -1.89. The van der Waals surface area contributed by atoms with Crippen molar-refractivity contribution in [2.75, 3.05) is 0 Å². The van der Waals surface area contributed by atoms with Gasteiger partial charge in [0, 0.05) is 9.75 Å². The van der Waals surface area contributed by atoms with E-state index in [0.717, 1.165) is 35.1 Å². The molecule has 3 aromatic rings. The van der Waals surface area contributed by atoms with Crippen LogP contribution in [0.1, 0.15) is 201 Å². The van der Waals surface area contributed by atoms with Crippen LogP contribution in [0, 0.1) is 27.7 Å². The minimum Gasteiger partial charge on any atom is -0.423 e. The normalized spacial score (nSPS) is 11.5. The molecule has 2 aromatic carbocycles. The summed E-state index contributed by atoms with van der Waals surface area (Å²) in [7, 11) is -2.98. The first kappa shape index (κ1) is 47.5. The van der Waals surface area contributed by atoms with E-state index >= 15 is 0 Å². The van der Waals surface area contributed by atoms with E-state index in [4.69, 9.17) is 0 Å². The van der Waals surface area contributed by atoms with Gasteiger partial charge in [0.2, 0.25) is 0 Å². The van der Waals surface area contributed by atoms with Crippen molar-refractivity contribution in [2.45, 2.75) is 208 Å². The third-order valence-corrected chi connectivity index (χ3v) is 13.1. The second-order valence-corrected chi connectivity index (χ2v) is 17.8. The van der Waals surface area contributed by atoms with Gasteiger partial charge in [0.05, 0.1) is 0 Å². The minimum atomic E-state index is -1.49. The molecule has 0 bridgehead atoms. The summed E-state index contributed by atoms with van der Waals surface area (Å²) in [6, 6.07) is 7.77. The Balaban J connectivity index is 1.85.